The van der Waals surface area contributed by atoms with Gasteiger partial charge in [0, 0.05) is 26.9 Å². The predicted octanol–water partition coefficient (Wildman–Crippen LogP) is 5.78. The Morgan fingerprint density at radius 3 is 2.41 bits per heavy atom. The van der Waals surface area contributed by atoms with E-state index in [0.717, 1.165) is 6.04 Å². The molecule has 0 atom stereocenters. The number of aromatic nitrogens is 3. The lowest BCUT2D eigenvalue weighted by atomic mass is 10.1. The summed E-state index contributed by atoms with van der Waals surface area (Å²) in [6.07, 6.45) is 1.70. The first-order valence-electron chi connectivity index (χ1n) is 12.6. The molecule has 0 saturated heterocycles. The SMILES string of the molecule is CCS(=O)(=O)c1ccc(Oc2cc3c(cc2C(=O)OC)nc(-c2ccccn2)n3COCC[Si](C)(C)C)cc1. The summed E-state index contributed by atoms with van der Waals surface area (Å²) in [5.74, 6) is 0.630. The molecule has 206 valence electrons. The monoisotopic (exact) mass is 567 g/mol. The summed E-state index contributed by atoms with van der Waals surface area (Å²) in [5.41, 5.74) is 2.10. The maximum atomic E-state index is 12.7. The zero-order valence-corrected chi connectivity index (χ0v) is 24.6. The second-order valence-electron chi connectivity index (χ2n) is 10.2. The number of ether oxygens (including phenoxy) is 3. The number of hydrogen-bond donors (Lipinski definition) is 0. The smallest absolute Gasteiger partial charge is 0.341 e. The fourth-order valence-corrected chi connectivity index (χ4v) is 5.51. The van der Waals surface area contributed by atoms with Gasteiger partial charge in [-0.1, -0.05) is 32.6 Å². The van der Waals surface area contributed by atoms with Crippen molar-refractivity contribution in [3.05, 3.63) is 66.4 Å². The molecule has 0 aliphatic rings. The lowest BCUT2D eigenvalue weighted by Crippen LogP contribution is -2.22. The van der Waals surface area contributed by atoms with Crippen molar-refractivity contribution in [2.75, 3.05) is 19.5 Å². The number of fused-ring (bicyclic) bond motifs is 1. The standard InChI is InChI=1S/C28H33N3O6SSi/c1-6-38(33,34)21-12-10-20(11-13-21)37-26-18-25-24(17-22(26)28(32)35-2)30-27(23-9-7-8-14-29-23)31(25)19-36-15-16-39(3,4)5/h7-14,17-18H,6,15-16,19H2,1-5H3. The Hall–Kier alpha value is -3.54. The van der Waals surface area contributed by atoms with Crippen LogP contribution in [0.3, 0.4) is 0 Å². The van der Waals surface area contributed by atoms with Gasteiger partial charge in [0.1, 0.15) is 29.5 Å². The molecule has 0 amide bonds. The first-order valence-corrected chi connectivity index (χ1v) is 18.0. The van der Waals surface area contributed by atoms with Crippen LogP contribution in [0.4, 0.5) is 0 Å². The number of nitrogens with zero attached hydrogens (tertiary/aromatic N) is 3. The molecule has 11 heteroatoms. The highest BCUT2D eigenvalue weighted by Gasteiger charge is 2.22. The number of methoxy groups -OCH3 is 1. The van der Waals surface area contributed by atoms with Gasteiger partial charge in [-0.05, 0) is 48.5 Å². The normalized spacial score (nSPS) is 12.0. The first-order chi connectivity index (χ1) is 18.5. The highest BCUT2D eigenvalue weighted by molar-refractivity contribution is 7.91. The van der Waals surface area contributed by atoms with Gasteiger partial charge in [-0.25, -0.2) is 18.2 Å². The second-order valence-corrected chi connectivity index (χ2v) is 18.1. The zero-order chi connectivity index (χ0) is 28.2. The van der Waals surface area contributed by atoms with E-state index >= 15 is 0 Å². The highest BCUT2D eigenvalue weighted by atomic mass is 32.2. The fourth-order valence-electron chi connectivity index (χ4n) is 3.87. The average Bonchev–Trinajstić information content (AvgIpc) is 3.27. The molecule has 0 fully saturated rings. The minimum atomic E-state index is -3.35. The lowest BCUT2D eigenvalue weighted by molar-refractivity contribution is 0.0598. The third-order valence-corrected chi connectivity index (χ3v) is 9.61. The van der Waals surface area contributed by atoms with Crippen molar-refractivity contribution in [1.82, 2.24) is 14.5 Å². The summed E-state index contributed by atoms with van der Waals surface area (Å²) in [5, 5.41) is 0. The van der Waals surface area contributed by atoms with Crippen molar-refractivity contribution >= 4 is 34.9 Å². The van der Waals surface area contributed by atoms with Crippen molar-refractivity contribution < 1.29 is 27.4 Å². The van der Waals surface area contributed by atoms with E-state index in [1.165, 1.54) is 19.2 Å². The first kappa shape index (κ1) is 28.5. The molecular formula is C28H33N3O6SSi. The van der Waals surface area contributed by atoms with Crippen molar-refractivity contribution in [1.29, 1.82) is 0 Å². The Morgan fingerprint density at radius 1 is 1.05 bits per heavy atom. The van der Waals surface area contributed by atoms with E-state index in [-0.39, 0.29) is 28.7 Å². The van der Waals surface area contributed by atoms with E-state index in [1.807, 2.05) is 22.8 Å². The lowest BCUT2D eigenvalue weighted by Gasteiger charge is -2.16. The number of benzene rings is 2. The van der Waals surface area contributed by atoms with Crippen LogP contribution in [0.5, 0.6) is 11.5 Å². The molecule has 0 radical (unpaired) electrons. The average molecular weight is 568 g/mol. The van der Waals surface area contributed by atoms with Gasteiger partial charge >= 0.3 is 5.97 Å². The summed E-state index contributed by atoms with van der Waals surface area (Å²) >= 11 is 0. The molecule has 4 aromatic rings. The number of pyridine rings is 1. The number of imidazole rings is 1. The third-order valence-electron chi connectivity index (χ3n) is 6.16. The Labute approximate surface area is 229 Å². The number of hydrogen-bond acceptors (Lipinski definition) is 8. The van der Waals surface area contributed by atoms with Crippen LogP contribution in [0.25, 0.3) is 22.6 Å². The van der Waals surface area contributed by atoms with Crippen LogP contribution >= 0.6 is 0 Å². The topological polar surface area (TPSA) is 110 Å². The molecule has 0 spiro atoms. The molecule has 0 unspecified atom stereocenters. The van der Waals surface area contributed by atoms with Gasteiger partial charge in [-0.2, -0.15) is 0 Å². The van der Waals surface area contributed by atoms with Gasteiger partial charge < -0.3 is 14.2 Å². The van der Waals surface area contributed by atoms with Gasteiger partial charge in [0.15, 0.2) is 15.7 Å². The number of rotatable bonds is 11. The van der Waals surface area contributed by atoms with Gasteiger partial charge in [0.05, 0.1) is 28.8 Å². The van der Waals surface area contributed by atoms with E-state index in [0.29, 0.717) is 34.9 Å². The maximum Gasteiger partial charge on any atom is 0.341 e. The minimum Gasteiger partial charge on any atom is -0.465 e. The molecule has 4 rings (SSSR count). The molecule has 2 heterocycles. The molecule has 2 aromatic carbocycles. The van der Waals surface area contributed by atoms with E-state index in [4.69, 9.17) is 19.2 Å². The fraction of sp³-hybridized carbons (Fsp3) is 0.321. The summed E-state index contributed by atoms with van der Waals surface area (Å²) < 4.78 is 43.5. The van der Waals surface area contributed by atoms with Gasteiger partial charge in [0.2, 0.25) is 0 Å². The molecule has 0 aliphatic carbocycles. The van der Waals surface area contributed by atoms with Crippen molar-refractivity contribution in [2.45, 2.75) is 44.2 Å². The van der Waals surface area contributed by atoms with E-state index in [2.05, 4.69) is 24.6 Å². The highest BCUT2D eigenvalue weighted by Crippen LogP contribution is 2.33. The molecular weight excluding hydrogens is 534 g/mol. The molecule has 39 heavy (non-hydrogen) atoms. The predicted molar refractivity (Wildman–Crippen MR) is 153 cm³/mol. The Morgan fingerprint density at radius 2 is 1.79 bits per heavy atom. The summed E-state index contributed by atoms with van der Waals surface area (Å²) in [6.45, 7) is 9.34. The Bertz CT molecular complexity index is 1560. The van der Waals surface area contributed by atoms with Crippen LogP contribution in [-0.4, -0.2) is 56.5 Å². The van der Waals surface area contributed by atoms with Crippen LogP contribution in [0.2, 0.25) is 25.7 Å². The Balaban J connectivity index is 1.78. The van der Waals surface area contributed by atoms with Crippen LogP contribution in [0, 0.1) is 0 Å². The molecule has 0 N–H and O–H groups in total. The van der Waals surface area contributed by atoms with Crippen molar-refractivity contribution in [3.8, 4) is 23.0 Å². The largest absolute Gasteiger partial charge is 0.465 e. The van der Waals surface area contributed by atoms with Crippen molar-refractivity contribution in [3.63, 3.8) is 0 Å². The van der Waals surface area contributed by atoms with E-state index in [9.17, 15) is 13.2 Å². The van der Waals surface area contributed by atoms with Crippen LogP contribution in [0.1, 0.15) is 17.3 Å². The maximum absolute atomic E-state index is 12.7. The molecule has 9 nitrogen and oxygen atoms in total. The number of esters is 1. The number of carbonyl (C=O) groups excluding carboxylic acids is 1. The summed E-state index contributed by atoms with van der Waals surface area (Å²) in [7, 11) is -3.33. The molecule has 0 saturated carbocycles. The van der Waals surface area contributed by atoms with Crippen LogP contribution < -0.4 is 4.74 Å². The number of sulfone groups is 1. The van der Waals surface area contributed by atoms with E-state index in [1.54, 1.807) is 37.4 Å². The summed E-state index contributed by atoms with van der Waals surface area (Å²) in [4.78, 5) is 22.2. The van der Waals surface area contributed by atoms with Crippen LogP contribution in [-0.2, 0) is 26.0 Å². The third kappa shape index (κ3) is 6.73. The second kappa shape index (κ2) is 11.7. The summed E-state index contributed by atoms with van der Waals surface area (Å²) in [6, 6.07) is 16.0. The van der Waals surface area contributed by atoms with Gasteiger partial charge in [-0.15, -0.1) is 0 Å². The quantitative estimate of drug-likeness (QED) is 0.127. The van der Waals surface area contributed by atoms with Crippen LogP contribution in [0.15, 0.2) is 65.7 Å². The minimum absolute atomic E-state index is 0.00103. The van der Waals surface area contributed by atoms with Gasteiger partial charge in [-0.3, -0.25) is 9.55 Å². The molecule has 0 aliphatic heterocycles. The van der Waals surface area contributed by atoms with Gasteiger partial charge in [0.25, 0.3) is 0 Å². The van der Waals surface area contributed by atoms with E-state index < -0.39 is 23.9 Å². The zero-order valence-electron chi connectivity index (χ0n) is 22.8. The Kier molecular flexibility index (Phi) is 8.53. The number of carbonyl (C=O) groups is 1. The molecule has 0 bridgehead atoms. The van der Waals surface area contributed by atoms with Crippen molar-refractivity contribution in [2.24, 2.45) is 0 Å². The molecule has 2 aromatic heterocycles.